The van der Waals surface area contributed by atoms with E-state index < -0.39 is 42.1 Å². The SMILES string of the molecule is CC(=O)N[C@@H](C=O)[C@@H](OC(C)=O)[C@@H](O)[C@H](O)C(N)=O. The summed E-state index contributed by atoms with van der Waals surface area (Å²) in [6.45, 7) is 2.09. The van der Waals surface area contributed by atoms with Gasteiger partial charge in [-0.1, -0.05) is 0 Å². The molecule has 4 atom stereocenters. The number of amides is 2. The zero-order valence-corrected chi connectivity index (χ0v) is 10.4. The van der Waals surface area contributed by atoms with Crippen LogP contribution in [0.3, 0.4) is 0 Å². The van der Waals surface area contributed by atoms with Crippen molar-refractivity contribution in [2.75, 3.05) is 0 Å². The lowest BCUT2D eigenvalue weighted by atomic mass is 10.0. The van der Waals surface area contributed by atoms with Crippen LogP contribution in [0.1, 0.15) is 13.8 Å². The molecule has 0 aliphatic heterocycles. The molecule has 0 rings (SSSR count). The standard InChI is InChI=1S/C10H16N2O7/c1-4(14)12-6(3-13)9(19-5(2)15)7(16)8(17)10(11)18/h3,6-9,16-17H,1-2H3,(H2,11,18)(H,12,14)/t6-,7-,8-,9+/m0/s1. The summed E-state index contributed by atoms with van der Waals surface area (Å²) in [5.74, 6) is -2.77. The van der Waals surface area contributed by atoms with Crippen LogP contribution >= 0.6 is 0 Å². The molecule has 5 N–H and O–H groups in total. The van der Waals surface area contributed by atoms with E-state index in [2.05, 4.69) is 10.1 Å². The predicted molar refractivity (Wildman–Crippen MR) is 60.4 cm³/mol. The minimum absolute atomic E-state index is 0.200. The molecule has 0 aliphatic carbocycles. The number of nitrogens with two attached hydrogens (primary N) is 1. The first kappa shape index (κ1) is 17.0. The second-order valence-electron chi connectivity index (χ2n) is 3.77. The third-order valence-corrected chi connectivity index (χ3v) is 2.12. The number of hydrogen-bond acceptors (Lipinski definition) is 7. The highest BCUT2D eigenvalue weighted by Gasteiger charge is 2.38. The fraction of sp³-hybridized carbons (Fsp3) is 0.600. The maximum absolute atomic E-state index is 10.9. The van der Waals surface area contributed by atoms with Gasteiger partial charge in [-0.25, -0.2) is 0 Å². The number of hydrogen-bond donors (Lipinski definition) is 4. The molecule has 0 unspecified atom stereocenters. The molecule has 0 heterocycles. The number of esters is 1. The van der Waals surface area contributed by atoms with E-state index in [1.165, 1.54) is 0 Å². The Morgan fingerprint density at radius 3 is 2.11 bits per heavy atom. The molecule has 0 radical (unpaired) electrons. The van der Waals surface area contributed by atoms with Gasteiger partial charge in [-0.2, -0.15) is 0 Å². The topological polar surface area (TPSA) is 156 Å². The zero-order valence-electron chi connectivity index (χ0n) is 10.4. The molecule has 0 aromatic rings. The van der Waals surface area contributed by atoms with Crippen molar-refractivity contribution in [1.29, 1.82) is 0 Å². The molecule has 0 saturated carbocycles. The van der Waals surface area contributed by atoms with Gasteiger partial charge in [-0.05, 0) is 0 Å². The lowest BCUT2D eigenvalue weighted by molar-refractivity contribution is -0.165. The monoisotopic (exact) mass is 276 g/mol. The van der Waals surface area contributed by atoms with E-state index in [1.54, 1.807) is 0 Å². The second-order valence-corrected chi connectivity index (χ2v) is 3.77. The average Bonchev–Trinajstić information content (AvgIpc) is 2.30. The van der Waals surface area contributed by atoms with Gasteiger partial charge < -0.3 is 30.8 Å². The molecule has 2 amide bonds. The lowest BCUT2D eigenvalue weighted by Gasteiger charge is -2.29. The van der Waals surface area contributed by atoms with Crippen LogP contribution < -0.4 is 11.1 Å². The maximum Gasteiger partial charge on any atom is 0.303 e. The van der Waals surface area contributed by atoms with Gasteiger partial charge in [-0.3, -0.25) is 14.4 Å². The van der Waals surface area contributed by atoms with Crippen LogP contribution in [0.15, 0.2) is 0 Å². The number of aldehydes is 1. The van der Waals surface area contributed by atoms with Crippen LogP contribution in [0.25, 0.3) is 0 Å². The Labute approximate surface area is 108 Å². The summed E-state index contributed by atoms with van der Waals surface area (Å²) in [4.78, 5) is 43.4. The van der Waals surface area contributed by atoms with Crippen molar-refractivity contribution < 1.29 is 34.1 Å². The van der Waals surface area contributed by atoms with Crippen molar-refractivity contribution in [3.05, 3.63) is 0 Å². The van der Waals surface area contributed by atoms with Crippen molar-refractivity contribution in [2.45, 2.75) is 38.2 Å². The number of aliphatic hydroxyl groups is 2. The quantitative estimate of drug-likeness (QED) is 0.282. The minimum Gasteiger partial charge on any atom is -0.457 e. The van der Waals surface area contributed by atoms with Gasteiger partial charge in [0.2, 0.25) is 11.8 Å². The molecule has 19 heavy (non-hydrogen) atoms. The highest BCUT2D eigenvalue weighted by molar-refractivity contribution is 5.80. The molecule has 0 aromatic carbocycles. The number of carbonyl (C=O) groups is 4. The first-order valence-corrected chi connectivity index (χ1v) is 5.25. The summed E-state index contributed by atoms with van der Waals surface area (Å²) in [6, 6.07) is -1.43. The van der Waals surface area contributed by atoms with Crippen molar-refractivity contribution >= 4 is 24.1 Å². The Kier molecular flexibility index (Phi) is 6.66. The molecular weight excluding hydrogens is 260 g/mol. The van der Waals surface area contributed by atoms with Gasteiger partial charge >= 0.3 is 5.97 Å². The molecule has 0 saturated heterocycles. The third-order valence-electron chi connectivity index (χ3n) is 2.12. The first-order valence-electron chi connectivity index (χ1n) is 5.25. The summed E-state index contributed by atoms with van der Waals surface area (Å²) < 4.78 is 4.63. The number of primary amides is 1. The molecule has 0 aromatic heterocycles. The first-order chi connectivity index (χ1) is 8.70. The average molecular weight is 276 g/mol. The van der Waals surface area contributed by atoms with Gasteiger partial charge in [0.1, 0.15) is 18.4 Å². The van der Waals surface area contributed by atoms with Gasteiger partial charge in [0, 0.05) is 13.8 Å². The van der Waals surface area contributed by atoms with Gasteiger partial charge in [0.05, 0.1) is 0 Å². The van der Waals surface area contributed by atoms with Gasteiger partial charge in [-0.15, -0.1) is 0 Å². The molecule has 0 aliphatic rings. The van der Waals surface area contributed by atoms with Crippen molar-refractivity contribution in [3.63, 3.8) is 0 Å². The van der Waals surface area contributed by atoms with Crippen LogP contribution in [0, 0.1) is 0 Å². The number of ether oxygens (including phenoxy) is 1. The predicted octanol–water partition coefficient (Wildman–Crippen LogP) is -3.17. The number of aliphatic hydroxyl groups excluding tert-OH is 2. The molecule has 108 valence electrons. The summed E-state index contributed by atoms with van der Waals surface area (Å²) in [5.41, 5.74) is 4.78. The van der Waals surface area contributed by atoms with Crippen LogP contribution in [0.2, 0.25) is 0 Å². The molecule has 0 fully saturated rings. The second kappa shape index (κ2) is 7.44. The summed E-state index contributed by atoms with van der Waals surface area (Å²) in [6.07, 6.45) is -5.45. The molecule has 9 nitrogen and oxygen atoms in total. The molecule has 9 heteroatoms. The Balaban J connectivity index is 5.16. The van der Waals surface area contributed by atoms with Crippen LogP contribution in [0.5, 0.6) is 0 Å². The normalized spacial score (nSPS) is 16.6. The van der Waals surface area contributed by atoms with Crippen LogP contribution in [-0.2, 0) is 23.9 Å². The Morgan fingerprint density at radius 2 is 1.79 bits per heavy atom. The highest BCUT2D eigenvalue weighted by Crippen LogP contribution is 2.09. The van der Waals surface area contributed by atoms with E-state index >= 15 is 0 Å². The molecular formula is C10H16N2O7. The van der Waals surface area contributed by atoms with E-state index in [-0.39, 0.29) is 6.29 Å². The van der Waals surface area contributed by atoms with Crippen molar-refractivity contribution in [3.8, 4) is 0 Å². The van der Waals surface area contributed by atoms with E-state index in [9.17, 15) is 29.4 Å². The van der Waals surface area contributed by atoms with E-state index in [4.69, 9.17) is 5.73 Å². The molecule has 0 spiro atoms. The van der Waals surface area contributed by atoms with Crippen molar-refractivity contribution in [2.24, 2.45) is 5.73 Å². The van der Waals surface area contributed by atoms with Crippen molar-refractivity contribution in [1.82, 2.24) is 5.32 Å². The third kappa shape index (κ3) is 5.44. The number of carbonyl (C=O) groups excluding carboxylic acids is 4. The smallest absolute Gasteiger partial charge is 0.303 e. The number of nitrogens with one attached hydrogen (secondary N) is 1. The van der Waals surface area contributed by atoms with Gasteiger partial charge in [0.15, 0.2) is 12.2 Å². The van der Waals surface area contributed by atoms with E-state index in [0.29, 0.717) is 0 Å². The maximum atomic E-state index is 10.9. The summed E-state index contributed by atoms with van der Waals surface area (Å²) in [5, 5.41) is 21.1. The highest BCUT2D eigenvalue weighted by atomic mass is 16.6. The largest absolute Gasteiger partial charge is 0.457 e. The number of rotatable bonds is 7. The fourth-order valence-electron chi connectivity index (χ4n) is 1.32. The zero-order chi connectivity index (χ0) is 15.2. The van der Waals surface area contributed by atoms with E-state index in [0.717, 1.165) is 13.8 Å². The van der Waals surface area contributed by atoms with E-state index in [1.807, 2.05) is 0 Å². The Morgan fingerprint density at radius 1 is 1.26 bits per heavy atom. The fourth-order valence-corrected chi connectivity index (χ4v) is 1.32. The lowest BCUT2D eigenvalue weighted by Crippen LogP contribution is -2.56. The van der Waals surface area contributed by atoms with Crippen LogP contribution in [0.4, 0.5) is 0 Å². The molecule has 0 bridgehead atoms. The minimum atomic E-state index is -2.06. The van der Waals surface area contributed by atoms with Gasteiger partial charge in [0.25, 0.3) is 0 Å². The Bertz CT molecular complexity index is 371. The Hall–Kier alpha value is -2.00. The summed E-state index contributed by atoms with van der Waals surface area (Å²) in [7, 11) is 0. The van der Waals surface area contributed by atoms with Crippen LogP contribution in [-0.4, -0.2) is 58.6 Å². The summed E-state index contributed by atoms with van der Waals surface area (Å²) >= 11 is 0.